The van der Waals surface area contributed by atoms with Gasteiger partial charge in [-0.2, -0.15) is 0 Å². The number of hydrogen-bond donors (Lipinski definition) is 3. The maximum Gasteiger partial charge on any atom is 0.249 e. The van der Waals surface area contributed by atoms with Crippen molar-refractivity contribution in [3.63, 3.8) is 0 Å². The van der Waals surface area contributed by atoms with E-state index in [1.165, 1.54) is 0 Å². The van der Waals surface area contributed by atoms with E-state index in [4.69, 9.17) is 5.73 Å². The number of rotatable bonds is 6. The summed E-state index contributed by atoms with van der Waals surface area (Å²) in [6, 6.07) is 7.65. The monoisotopic (exact) mass is 331 g/mol. The van der Waals surface area contributed by atoms with Crippen LogP contribution in [0, 0.1) is 5.92 Å². The fourth-order valence-corrected chi connectivity index (χ4v) is 3.24. The number of carbonyl (C=O) groups is 2. The van der Waals surface area contributed by atoms with Crippen LogP contribution >= 0.6 is 0 Å². The van der Waals surface area contributed by atoms with Gasteiger partial charge in [-0.05, 0) is 62.4 Å². The van der Waals surface area contributed by atoms with Gasteiger partial charge >= 0.3 is 0 Å². The number of piperidine rings is 1. The first-order chi connectivity index (χ1) is 11.5. The standard InChI is InChI=1S/C18H25N3O3/c19-17(23)14-3-1-2-12(10-14)11-21-8-6-13(7-9-21)16(22)18(24)20-15-4-5-15/h1-3,10,13,15-16,22H,4-9,11H2,(H2,19,23)(H,20,24). The molecule has 0 spiro atoms. The molecule has 6 heteroatoms. The van der Waals surface area contributed by atoms with E-state index in [1.807, 2.05) is 18.2 Å². The van der Waals surface area contributed by atoms with Crippen molar-refractivity contribution in [1.82, 2.24) is 10.2 Å². The average Bonchev–Trinajstić information content (AvgIpc) is 3.39. The number of hydrogen-bond acceptors (Lipinski definition) is 4. The Labute approximate surface area is 142 Å². The summed E-state index contributed by atoms with van der Waals surface area (Å²) >= 11 is 0. The van der Waals surface area contributed by atoms with Crippen molar-refractivity contribution >= 4 is 11.8 Å². The summed E-state index contributed by atoms with van der Waals surface area (Å²) in [7, 11) is 0. The smallest absolute Gasteiger partial charge is 0.249 e. The largest absolute Gasteiger partial charge is 0.383 e. The molecule has 1 aromatic carbocycles. The maximum absolute atomic E-state index is 11.9. The van der Waals surface area contributed by atoms with Gasteiger partial charge in [0, 0.05) is 18.2 Å². The number of benzene rings is 1. The summed E-state index contributed by atoms with van der Waals surface area (Å²) in [6.07, 6.45) is 2.76. The lowest BCUT2D eigenvalue weighted by Gasteiger charge is -2.33. The summed E-state index contributed by atoms with van der Waals surface area (Å²) in [5.74, 6) is -0.609. The topological polar surface area (TPSA) is 95.7 Å². The minimum Gasteiger partial charge on any atom is -0.383 e. The van der Waals surface area contributed by atoms with E-state index in [1.54, 1.807) is 6.07 Å². The molecule has 1 atom stereocenters. The Bertz CT molecular complexity index is 607. The lowest BCUT2D eigenvalue weighted by atomic mass is 9.90. The van der Waals surface area contributed by atoms with Gasteiger partial charge in [0.1, 0.15) is 6.10 Å². The van der Waals surface area contributed by atoms with E-state index in [0.29, 0.717) is 5.56 Å². The van der Waals surface area contributed by atoms with Crippen molar-refractivity contribution in [1.29, 1.82) is 0 Å². The van der Waals surface area contributed by atoms with Crippen LogP contribution in [0.5, 0.6) is 0 Å². The number of carbonyl (C=O) groups excluding carboxylic acids is 2. The summed E-state index contributed by atoms with van der Waals surface area (Å²) in [5, 5.41) is 13.1. The second-order valence-corrected chi connectivity index (χ2v) is 6.91. The van der Waals surface area contributed by atoms with Gasteiger partial charge in [-0.1, -0.05) is 12.1 Å². The number of nitrogens with two attached hydrogens (primary N) is 1. The highest BCUT2D eigenvalue weighted by Gasteiger charge is 2.32. The Hall–Kier alpha value is -1.92. The molecule has 0 radical (unpaired) electrons. The summed E-state index contributed by atoms with van der Waals surface area (Å²) in [6.45, 7) is 2.41. The highest BCUT2D eigenvalue weighted by Crippen LogP contribution is 2.24. The quantitative estimate of drug-likeness (QED) is 0.713. The highest BCUT2D eigenvalue weighted by atomic mass is 16.3. The molecule has 1 aliphatic carbocycles. The molecule has 1 aromatic rings. The Morgan fingerprint density at radius 1 is 1.25 bits per heavy atom. The van der Waals surface area contributed by atoms with Crippen LogP contribution in [0.15, 0.2) is 24.3 Å². The first-order valence-electron chi connectivity index (χ1n) is 8.62. The molecule has 1 saturated carbocycles. The summed E-state index contributed by atoms with van der Waals surface area (Å²) in [5.41, 5.74) is 6.89. The number of nitrogens with zero attached hydrogens (tertiary/aromatic N) is 1. The van der Waals surface area contributed by atoms with Crippen molar-refractivity contribution in [3.05, 3.63) is 35.4 Å². The molecule has 3 rings (SSSR count). The predicted octanol–water partition coefficient (Wildman–Crippen LogP) is 0.637. The Morgan fingerprint density at radius 2 is 1.96 bits per heavy atom. The van der Waals surface area contributed by atoms with Crippen LogP contribution in [-0.4, -0.2) is 47.1 Å². The fraction of sp³-hybridized carbons (Fsp3) is 0.556. The van der Waals surface area contributed by atoms with E-state index >= 15 is 0 Å². The minimum atomic E-state index is -0.897. The predicted molar refractivity (Wildman–Crippen MR) is 90.1 cm³/mol. The van der Waals surface area contributed by atoms with E-state index < -0.39 is 12.0 Å². The number of aliphatic hydroxyl groups is 1. The van der Waals surface area contributed by atoms with Gasteiger partial charge in [0.2, 0.25) is 11.8 Å². The summed E-state index contributed by atoms with van der Waals surface area (Å²) < 4.78 is 0. The molecule has 1 saturated heterocycles. The van der Waals surface area contributed by atoms with E-state index in [0.717, 1.165) is 50.9 Å². The van der Waals surface area contributed by atoms with Gasteiger partial charge in [0.25, 0.3) is 0 Å². The molecule has 1 unspecified atom stereocenters. The van der Waals surface area contributed by atoms with Crippen molar-refractivity contribution in [2.45, 2.75) is 44.4 Å². The molecule has 130 valence electrons. The molecule has 1 aliphatic heterocycles. The maximum atomic E-state index is 11.9. The molecule has 4 N–H and O–H groups in total. The number of primary amides is 1. The molecular weight excluding hydrogens is 306 g/mol. The van der Waals surface area contributed by atoms with E-state index in [9.17, 15) is 14.7 Å². The second-order valence-electron chi connectivity index (χ2n) is 6.91. The van der Waals surface area contributed by atoms with Crippen LogP contribution in [0.4, 0.5) is 0 Å². The van der Waals surface area contributed by atoms with Crippen LogP contribution in [-0.2, 0) is 11.3 Å². The SMILES string of the molecule is NC(=O)c1cccc(CN2CCC(C(O)C(=O)NC3CC3)CC2)c1. The van der Waals surface area contributed by atoms with Crippen LogP contribution < -0.4 is 11.1 Å². The number of aliphatic hydroxyl groups excluding tert-OH is 1. The van der Waals surface area contributed by atoms with Crippen LogP contribution in [0.25, 0.3) is 0 Å². The zero-order valence-electron chi connectivity index (χ0n) is 13.8. The normalized spacial score (nSPS) is 20.5. The van der Waals surface area contributed by atoms with Crippen molar-refractivity contribution in [2.75, 3.05) is 13.1 Å². The van der Waals surface area contributed by atoms with Crippen LogP contribution in [0.3, 0.4) is 0 Å². The van der Waals surface area contributed by atoms with Crippen molar-refractivity contribution < 1.29 is 14.7 Å². The van der Waals surface area contributed by atoms with Gasteiger partial charge in [0.15, 0.2) is 0 Å². The molecule has 6 nitrogen and oxygen atoms in total. The number of amides is 2. The number of likely N-dealkylation sites (tertiary alicyclic amines) is 1. The van der Waals surface area contributed by atoms with Gasteiger partial charge in [-0.3, -0.25) is 14.5 Å². The van der Waals surface area contributed by atoms with Crippen LogP contribution in [0.2, 0.25) is 0 Å². The fourth-order valence-electron chi connectivity index (χ4n) is 3.24. The average molecular weight is 331 g/mol. The molecular formula is C18H25N3O3. The van der Waals surface area contributed by atoms with Crippen molar-refractivity contribution in [3.8, 4) is 0 Å². The highest BCUT2D eigenvalue weighted by molar-refractivity contribution is 5.92. The van der Waals surface area contributed by atoms with Gasteiger partial charge in [0.05, 0.1) is 0 Å². The molecule has 24 heavy (non-hydrogen) atoms. The van der Waals surface area contributed by atoms with Gasteiger partial charge < -0.3 is 16.2 Å². The second kappa shape index (κ2) is 7.32. The third-order valence-electron chi connectivity index (χ3n) is 4.89. The first-order valence-corrected chi connectivity index (χ1v) is 8.62. The lowest BCUT2D eigenvalue weighted by molar-refractivity contribution is -0.133. The zero-order valence-corrected chi connectivity index (χ0v) is 13.8. The van der Waals surface area contributed by atoms with Crippen molar-refractivity contribution in [2.24, 2.45) is 11.7 Å². The molecule has 2 fully saturated rings. The third kappa shape index (κ3) is 4.33. The Morgan fingerprint density at radius 3 is 2.58 bits per heavy atom. The zero-order chi connectivity index (χ0) is 17.1. The van der Waals surface area contributed by atoms with Crippen LogP contribution in [0.1, 0.15) is 41.6 Å². The molecule has 1 heterocycles. The van der Waals surface area contributed by atoms with E-state index in [2.05, 4.69) is 10.2 Å². The third-order valence-corrected chi connectivity index (χ3v) is 4.89. The Balaban J connectivity index is 1.48. The molecule has 0 bridgehead atoms. The van der Waals surface area contributed by atoms with Gasteiger partial charge in [-0.15, -0.1) is 0 Å². The first kappa shape index (κ1) is 16.9. The molecule has 2 amide bonds. The molecule has 0 aromatic heterocycles. The number of nitrogens with one attached hydrogen (secondary N) is 1. The Kier molecular flexibility index (Phi) is 5.16. The van der Waals surface area contributed by atoms with Gasteiger partial charge in [-0.25, -0.2) is 0 Å². The minimum absolute atomic E-state index is 0.0250. The lowest BCUT2D eigenvalue weighted by Crippen LogP contribution is -2.44. The van der Waals surface area contributed by atoms with E-state index in [-0.39, 0.29) is 17.9 Å². The summed E-state index contributed by atoms with van der Waals surface area (Å²) in [4.78, 5) is 25.5. The molecule has 2 aliphatic rings.